The maximum atomic E-state index is 10.3. The van der Waals surface area contributed by atoms with Crippen LogP contribution in [0.5, 0.6) is 0 Å². The number of fused-ring (bicyclic) bond motifs is 1. The molecule has 1 saturated heterocycles. The normalized spacial score (nSPS) is 26.4. The second-order valence-corrected chi connectivity index (χ2v) is 6.55. The Labute approximate surface area is 155 Å². The summed E-state index contributed by atoms with van der Waals surface area (Å²) >= 11 is 0. The van der Waals surface area contributed by atoms with Gasteiger partial charge in [-0.3, -0.25) is 4.57 Å². The van der Waals surface area contributed by atoms with Gasteiger partial charge in [-0.15, -0.1) is 0 Å². The standard InChI is InChI=1S/C18H21N5O4/c1-10(11-5-3-2-4-6-11)22-16-13-17(20-8-19-16)23(9-21-13)18-15(26)14(25)12(7-24)27-18/h2-6,8-10,12,14-15,18,24-26H,7H2,1H3,(H,19,20,22)/t10-,12+,14?,15?,18+/m0/s1. The molecular weight excluding hydrogens is 350 g/mol. The molecule has 1 aliphatic rings. The van der Waals surface area contributed by atoms with Crippen LogP contribution < -0.4 is 5.32 Å². The summed E-state index contributed by atoms with van der Waals surface area (Å²) in [6.07, 6.45) is -1.25. The van der Waals surface area contributed by atoms with Gasteiger partial charge in [0.2, 0.25) is 0 Å². The molecule has 3 aromatic rings. The van der Waals surface area contributed by atoms with Gasteiger partial charge < -0.3 is 25.4 Å². The summed E-state index contributed by atoms with van der Waals surface area (Å²) in [5.74, 6) is 0.557. The fourth-order valence-electron chi connectivity index (χ4n) is 3.28. The smallest absolute Gasteiger partial charge is 0.167 e. The average Bonchev–Trinajstić information content (AvgIpc) is 3.25. The molecule has 3 heterocycles. The van der Waals surface area contributed by atoms with Crippen LogP contribution in [0.15, 0.2) is 43.0 Å². The van der Waals surface area contributed by atoms with E-state index in [0.717, 1.165) is 5.56 Å². The minimum Gasteiger partial charge on any atom is -0.394 e. The number of aromatic nitrogens is 4. The molecule has 1 aliphatic heterocycles. The first kappa shape index (κ1) is 17.8. The van der Waals surface area contributed by atoms with Gasteiger partial charge in [-0.25, -0.2) is 15.0 Å². The van der Waals surface area contributed by atoms with Crippen LogP contribution in [0, 0.1) is 0 Å². The number of nitrogens with one attached hydrogen (secondary N) is 1. The topological polar surface area (TPSA) is 126 Å². The predicted molar refractivity (Wildman–Crippen MR) is 96.8 cm³/mol. The number of benzene rings is 1. The van der Waals surface area contributed by atoms with E-state index in [0.29, 0.717) is 17.0 Å². The third kappa shape index (κ3) is 3.15. The molecule has 0 bridgehead atoms. The van der Waals surface area contributed by atoms with Crippen LogP contribution in [0.4, 0.5) is 5.82 Å². The zero-order chi connectivity index (χ0) is 19.0. The van der Waals surface area contributed by atoms with Crippen molar-refractivity contribution in [3.05, 3.63) is 48.5 Å². The molecule has 1 fully saturated rings. The van der Waals surface area contributed by atoms with Gasteiger partial charge in [0, 0.05) is 0 Å². The van der Waals surface area contributed by atoms with Crippen LogP contribution in [0.25, 0.3) is 11.2 Å². The summed E-state index contributed by atoms with van der Waals surface area (Å²) in [6, 6.07) is 9.95. The van der Waals surface area contributed by atoms with Crippen molar-refractivity contribution in [1.82, 2.24) is 19.5 Å². The van der Waals surface area contributed by atoms with Crippen molar-refractivity contribution in [3.63, 3.8) is 0 Å². The van der Waals surface area contributed by atoms with Crippen LogP contribution in [0.3, 0.4) is 0 Å². The molecule has 0 radical (unpaired) electrons. The van der Waals surface area contributed by atoms with E-state index in [1.165, 1.54) is 12.7 Å². The number of aliphatic hydroxyl groups excluding tert-OH is 3. The lowest BCUT2D eigenvalue weighted by atomic mass is 10.1. The number of anilines is 1. The zero-order valence-electron chi connectivity index (χ0n) is 14.7. The van der Waals surface area contributed by atoms with Gasteiger partial charge in [0.25, 0.3) is 0 Å². The molecule has 5 atom stereocenters. The molecule has 9 nitrogen and oxygen atoms in total. The Morgan fingerprint density at radius 2 is 1.93 bits per heavy atom. The Balaban J connectivity index is 1.64. The van der Waals surface area contributed by atoms with Crippen molar-refractivity contribution in [2.24, 2.45) is 0 Å². The van der Waals surface area contributed by atoms with Crippen LogP contribution in [0.1, 0.15) is 24.8 Å². The molecule has 4 N–H and O–H groups in total. The maximum absolute atomic E-state index is 10.3. The van der Waals surface area contributed by atoms with E-state index >= 15 is 0 Å². The first-order valence-electron chi connectivity index (χ1n) is 8.71. The van der Waals surface area contributed by atoms with Crippen LogP contribution in [0.2, 0.25) is 0 Å². The van der Waals surface area contributed by atoms with Crippen LogP contribution in [-0.4, -0.2) is 59.8 Å². The zero-order valence-corrected chi connectivity index (χ0v) is 14.7. The molecule has 0 amide bonds. The highest BCUT2D eigenvalue weighted by molar-refractivity contribution is 5.82. The minimum absolute atomic E-state index is 0.00311. The summed E-state index contributed by atoms with van der Waals surface area (Å²) in [5.41, 5.74) is 2.09. The SMILES string of the molecule is C[C@H](Nc1ncnc2c1ncn2[C@@H]1O[C@H](CO)C(O)C1O)c1ccccc1. The number of ether oxygens (including phenoxy) is 1. The maximum Gasteiger partial charge on any atom is 0.167 e. The summed E-state index contributed by atoms with van der Waals surface area (Å²) in [5, 5.41) is 32.8. The third-order valence-electron chi connectivity index (χ3n) is 4.80. The van der Waals surface area contributed by atoms with Crippen molar-refractivity contribution in [1.29, 1.82) is 0 Å². The molecule has 27 heavy (non-hydrogen) atoms. The first-order chi connectivity index (χ1) is 13.1. The Kier molecular flexibility index (Phi) is 4.75. The number of hydrogen-bond donors (Lipinski definition) is 4. The van der Waals surface area contributed by atoms with E-state index in [1.54, 1.807) is 4.57 Å². The lowest BCUT2D eigenvalue weighted by Gasteiger charge is -2.17. The largest absolute Gasteiger partial charge is 0.394 e. The highest BCUT2D eigenvalue weighted by atomic mass is 16.6. The molecule has 1 aromatic carbocycles. The lowest BCUT2D eigenvalue weighted by Crippen LogP contribution is -2.33. The number of nitrogens with zero attached hydrogens (tertiary/aromatic N) is 4. The molecule has 0 aliphatic carbocycles. The molecule has 2 aromatic heterocycles. The predicted octanol–water partition coefficient (Wildman–Crippen LogP) is 0.611. The van der Waals surface area contributed by atoms with E-state index in [1.807, 2.05) is 37.3 Å². The Morgan fingerprint density at radius 1 is 1.15 bits per heavy atom. The van der Waals surface area contributed by atoms with E-state index < -0.39 is 31.1 Å². The lowest BCUT2D eigenvalue weighted by molar-refractivity contribution is -0.0511. The molecule has 0 spiro atoms. The van der Waals surface area contributed by atoms with E-state index in [4.69, 9.17) is 4.74 Å². The summed E-state index contributed by atoms with van der Waals surface area (Å²) in [7, 11) is 0. The monoisotopic (exact) mass is 371 g/mol. The highest BCUT2D eigenvalue weighted by Gasteiger charge is 2.44. The van der Waals surface area contributed by atoms with Gasteiger partial charge in [0.05, 0.1) is 19.0 Å². The van der Waals surface area contributed by atoms with E-state index in [-0.39, 0.29) is 6.04 Å². The van der Waals surface area contributed by atoms with Crippen molar-refractivity contribution in [3.8, 4) is 0 Å². The number of imidazole rings is 1. The van der Waals surface area contributed by atoms with E-state index in [2.05, 4.69) is 20.3 Å². The average molecular weight is 371 g/mol. The summed E-state index contributed by atoms with van der Waals surface area (Å²) < 4.78 is 7.11. The number of rotatable bonds is 5. The van der Waals surface area contributed by atoms with Crippen LogP contribution in [-0.2, 0) is 4.74 Å². The number of hydrogen-bond acceptors (Lipinski definition) is 8. The number of aliphatic hydroxyl groups is 3. The van der Waals surface area contributed by atoms with Crippen molar-refractivity contribution in [2.75, 3.05) is 11.9 Å². The van der Waals surface area contributed by atoms with Gasteiger partial charge in [-0.1, -0.05) is 30.3 Å². The Bertz CT molecular complexity index is 919. The van der Waals surface area contributed by atoms with Crippen molar-refractivity contribution >= 4 is 17.0 Å². The Morgan fingerprint density at radius 3 is 2.63 bits per heavy atom. The molecular formula is C18H21N5O4. The van der Waals surface area contributed by atoms with Gasteiger partial charge >= 0.3 is 0 Å². The third-order valence-corrected chi connectivity index (χ3v) is 4.80. The molecule has 0 saturated carbocycles. The highest BCUT2D eigenvalue weighted by Crippen LogP contribution is 2.32. The molecule has 2 unspecified atom stereocenters. The quantitative estimate of drug-likeness (QED) is 0.514. The second kappa shape index (κ2) is 7.20. The first-order valence-corrected chi connectivity index (χ1v) is 8.71. The molecule has 142 valence electrons. The Hall–Kier alpha value is -2.59. The van der Waals surface area contributed by atoms with Crippen molar-refractivity contribution < 1.29 is 20.1 Å². The van der Waals surface area contributed by atoms with Gasteiger partial charge in [-0.05, 0) is 12.5 Å². The molecule has 9 heteroatoms. The fourth-order valence-corrected chi connectivity index (χ4v) is 3.28. The minimum atomic E-state index is -1.20. The van der Waals surface area contributed by atoms with Crippen LogP contribution >= 0.6 is 0 Å². The molecule has 4 rings (SSSR count). The summed E-state index contributed by atoms with van der Waals surface area (Å²) in [6.45, 7) is 1.63. The fraction of sp³-hybridized carbons (Fsp3) is 0.389. The van der Waals surface area contributed by atoms with Gasteiger partial charge in [0.1, 0.15) is 24.6 Å². The van der Waals surface area contributed by atoms with E-state index in [9.17, 15) is 15.3 Å². The summed E-state index contributed by atoms with van der Waals surface area (Å²) in [4.78, 5) is 12.9. The van der Waals surface area contributed by atoms with Gasteiger partial charge in [-0.2, -0.15) is 0 Å². The van der Waals surface area contributed by atoms with Gasteiger partial charge in [0.15, 0.2) is 23.2 Å². The second-order valence-electron chi connectivity index (χ2n) is 6.55. The van der Waals surface area contributed by atoms with Crippen molar-refractivity contribution in [2.45, 2.75) is 37.5 Å².